The highest BCUT2D eigenvalue weighted by atomic mass is 16.1. The van der Waals surface area contributed by atoms with Crippen LogP contribution in [0.4, 0.5) is 0 Å². The number of hydrogen-bond donors (Lipinski definition) is 0. The lowest BCUT2D eigenvalue weighted by Gasteiger charge is -1.82. The standard InChI is InChI=1S/C7H11NO/c1-3-4-5-8-6-7(2)9/h3,5H,1,4,6H2,2H3. The van der Waals surface area contributed by atoms with Crippen molar-refractivity contribution in [2.75, 3.05) is 6.54 Å². The van der Waals surface area contributed by atoms with Gasteiger partial charge in [0, 0.05) is 6.21 Å². The van der Waals surface area contributed by atoms with Gasteiger partial charge in [0.2, 0.25) is 0 Å². The van der Waals surface area contributed by atoms with Crippen LogP contribution in [0.1, 0.15) is 13.3 Å². The Hall–Kier alpha value is -0.920. The van der Waals surface area contributed by atoms with E-state index in [0.29, 0.717) is 6.54 Å². The molecular formula is C7H11NO. The number of ketones is 1. The molecule has 0 spiro atoms. The van der Waals surface area contributed by atoms with Crippen molar-refractivity contribution < 1.29 is 4.79 Å². The number of rotatable bonds is 4. The van der Waals surface area contributed by atoms with E-state index < -0.39 is 0 Å². The Morgan fingerprint density at radius 3 is 2.89 bits per heavy atom. The Morgan fingerprint density at radius 2 is 2.44 bits per heavy atom. The summed E-state index contributed by atoms with van der Waals surface area (Å²) in [5, 5.41) is 0. The molecule has 0 heterocycles. The van der Waals surface area contributed by atoms with Gasteiger partial charge in [0.25, 0.3) is 0 Å². The van der Waals surface area contributed by atoms with Crippen LogP contribution in [0.2, 0.25) is 0 Å². The fourth-order valence-electron chi connectivity index (χ4n) is 0.342. The van der Waals surface area contributed by atoms with Gasteiger partial charge in [-0.3, -0.25) is 9.79 Å². The van der Waals surface area contributed by atoms with Crippen molar-refractivity contribution >= 4 is 12.0 Å². The zero-order valence-electron chi connectivity index (χ0n) is 5.63. The number of nitrogens with zero attached hydrogens (tertiary/aromatic N) is 1. The normalized spacial score (nSPS) is 9.89. The minimum atomic E-state index is 0.0929. The van der Waals surface area contributed by atoms with Crippen molar-refractivity contribution in [2.45, 2.75) is 13.3 Å². The summed E-state index contributed by atoms with van der Waals surface area (Å²) in [5.41, 5.74) is 0. The molecule has 0 bridgehead atoms. The number of allylic oxidation sites excluding steroid dienone is 1. The van der Waals surface area contributed by atoms with Crippen molar-refractivity contribution in [2.24, 2.45) is 4.99 Å². The summed E-state index contributed by atoms with van der Waals surface area (Å²) in [6, 6.07) is 0. The van der Waals surface area contributed by atoms with Gasteiger partial charge in [-0.05, 0) is 13.3 Å². The monoisotopic (exact) mass is 125 g/mol. The minimum Gasteiger partial charge on any atom is -0.298 e. The maximum atomic E-state index is 10.3. The topological polar surface area (TPSA) is 29.4 Å². The fourth-order valence-corrected chi connectivity index (χ4v) is 0.342. The molecule has 0 aromatic carbocycles. The van der Waals surface area contributed by atoms with Crippen LogP contribution in [0, 0.1) is 0 Å². The molecule has 0 saturated heterocycles. The smallest absolute Gasteiger partial charge is 0.151 e. The summed E-state index contributed by atoms with van der Waals surface area (Å²) >= 11 is 0. The molecule has 9 heavy (non-hydrogen) atoms. The molecule has 0 rings (SSSR count). The van der Waals surface area contributed by atoms with E-state index in [1.807, 2.05) is 0 Å². The predicted molar refractivity (Wildman–Crippen MR) is 38.9 cm³/mol. The number of hydrogen-bond acceptors (Lipinski definition) is 2. The van der Waals surface area contributed by atoms with Crippen LogP contribution in [0.3, 0.4) is 0 Å². The van der Waals surface area contributed by atoms with Crippen LogP contribution in [0.25, 0.3) is 0 Å². The molecule has 0 radical (unpaired) electrons. The van der Waals surface area contributed by atoms with Gasteiger partial charge in [-0.2, -0.15) is 0 Å². The Kier molecular flexibility index (Phi) is 4.69. The fraction of sp³-hybridized carbons (Fsp3) is 0.429. The molecule has 0 atom stereocenters. The maximum Gasteiger partial charge on any atom is 0.151 e. The Balaban J connectivity index is 3.24. The van der Waals surface area contributed by atoms with Gasteiger partial charge in [-0.15, -0.1) is 6.58 Å². The van der Waals surface area contributed by atoms with E-state index in [-0.39, 0.29) is 5.78 Å². The van der Waals surface area contributed by atoms with Crippen LogP contribution in [0.15, 0.2) is 17.6 Å². The van der Waals surface area contributed by atoms with Crippen molar-refractivity contribution in [1.82, 2.24) is 0 Å². The summed E-state index contributed by atoms with van der Waals surface area (Å²) in [6.45, 7) is 5.32. The quantitative estimate of drug-likeness (QED) is 0.410. The van der Waals surface area contributed by atoms with Gasteiger partial charge in [-0.25, -0.2) is 0 Å². The van der Waals surface area contributed by atoms with Gasteiger partial charge in [0.15, 0.2) is 5.78 Å². The molecule has 0 fully saturated rings. The molecule has 2 heteroatoms. The predicted octanol–water partition coefficient (Wildman–Crippen LogP) is 1.22. The molecule has 50 valence electrons. The average Bonchev–Trinajstić information content (AvgIpc) is 1.80. The summed E-state index contributed by atoms with van der Waals surface area (Å²) in [7, 11) is 0. The van der Waals surface area contributed by atoms with E-state index in [2.05, 4.69) is 11.6 Å². The van der Waals surface area contributed by atoms with E-state index in [9.17, 15) is 4.79 Å². The van der Waals surface area contributed by atoms with E-state index in [1.54, 1.807) is 12.3 Å². The zero-order chi connectivity index (χ0) is 7.11. The van der Waals surface area contributed by atoms with E-state index in [0.717, 1.165) is 6.42 Å². The van der Waals surface area contributed by atoms with Gasteiger partial charge in [0.05, 0.1) is 6.54 Å². The largest absolute Gasteiger partial charge is 0.298 e. The Labute approximate surface area is 55.3 Å². The number of Topliss-reactive ketones (excluding diaryl/α,β-unsaturated/α-hetero) is 1. The molecule has 2 nitrogen and oxygen atoms in total. The first kappa shape index (κ1) is 8.08. The summed E-state index contributed by atoms with van der Waals surface area (Å²) < 4.78 is 0. The van der Waals surface area contributed by atoms with Crippen molar-refractivity contribution in [3.63, 3.8) is 0 Å². The maximum absolute atomic E-state index is 10.3. The van der Waals surface area contributed by atoms with Crippen LogP contribution in [-0.2, 0) is 4.79 Å². The number of carbonyl (C=O) groups excluding carboxylic acids is 1. The van der Waals surface area contributed by atoms with Gasteiger partial charge in [0.1, 0.15) is 0 Å². The molecular weight excluding hydrogens is 114 g/mol. The van der Waals surface area contributed by atoms with E-state index in [4.69, 9.17) is 0 Å². The number of aliphatic imine (C=N–C) groups is 1. The molecule has 0 aromatic rings. The second-order valence-electron chi connectivity index (χ2n) is 1.75. The molecule has 0 unspecified atom stereocenters. The average molecular weight is 125 g/mol. The third kappa shape index (κ3) is 7.08. The first-order valence-corrected chi connectivity index (χ1v) is 2.86. The highest BCUT2D eigenvalue weighted by molar-refractivity contribution is 5.79. The lowest BCUT2D eigenvalue weighted by molar-refractivity contribution is -0.115. The van der Waals surface area contributed by atoms with Crippen LogP contribution >= 0.6 is 0 Å². The second-order valence-corrected chi connectivity index (χ2v) is 1.75. The highest BCUT2D eigenvalue weighted by Crippen LogP contribution is 1.75. The molecule has 0 aliphatic rings. The van der Waals surface area contributed by atoms with E-state index in [1.165, 1.54) is 6.92 Å². The van der Waals surface area contributed by atoms with Gasteiger partial charge < -0.3 is 0 Å². The lowest BCUT2D eigenvalue weighted by Crippen LogP contribution is -1.93. The lowest BCUT2D eigenvalue weighted by atomic mass is 10.4. The summed E-state index contributed by atoms with van der Waals surface area (Å²) in [5.74, 6) is 0.0929. The van der Waals surface area contributed by atoms with Gasteiger partial charge in [-0.1, -0.05) is 6.08 Å². The van der Waals surface area contributed by atoms with Crippen molar-refractivity contribution in [3.8, 4) is 0 Å². The van der Waals surface area contributed by atoms with Crippen molar-refractivity contribution in [1.29, 1.82) is 0 Å². The second kappa shape index (κ2) is 5.22. The highest BCUT2D eigenvalue weighted by Gasteiger charge is 1.83. The van der Waals surface area contributed by atoms with Crippen LogP contribution in [0.5, 0.6) is 0 Å². The van der Waals surface area contributed by atoms with Crippen molar-refractivity contribution in [3.05, 3.63) is 12.7 Å². The van der Waals surface area contributed by atoms with E-state index >= 15 is 0 Å². The Bertz CT molecular complexity index is 127. The molecule has 0 aliphatic heterocycles. The molecule has 0 N–H and O–H groups in total. The third-order valence-corrected chi connectivity index (χ3v) is 0.715. The third-order valence-electron chi connectivity index (χ3n) is 0.715. The molecule has 0 aliphatic carbocycles. The SMILES string of the molecule is C=CCC=NCC(C)=O. The molecule has 0 amide bonds. The number of carbonyl (C=O) groups is 1. The Morgan fingerprint density at radius 1 is 1.78 bits per heavy atom. The summed E-state index contributed by atoms with van der Waals surface area (Å²) in [6.07, 6.45) is 4.17. The van der Waals surface area contributed by atoms with Gasteiger partial charge >= 0.3 is 0 Å². The summed E-state index contributed by atoms with van der Waals surface area (Å²) in [4.78, 5) is 14.1. The first-order chi connectivity index (χ1) is 4.27. The molecule has 0 aromatic heterocycles. The van der Waals surface area contributed by atoms with Crippen LogP contribution < -0.4 is 0 Å². The zero-order valence-corrected chi connectivity index (χ0v) is 5.63. The molecule has 0 saturated carbocycles. The van der Waals surface area contributed by atoms with Crippen LogP contribution in [-0.4, -0.2) is 18.5 Å². The first-order valence-electron chi connectivity index (χ1n) is 2.86. The minimum absolute atomic E-state index is 0.0929.